The number of sulfonamides is 1. The first kappa shape index (κ1) is 15.8. The van der Waals surface area contributed by atoms with Crippen molar-refractivity contribution in [1.29, 1.82) is 0 Å². The maximum absolute atomic E-state index is 12.5. The minimum absolute atomic E-state index is 0.00217. The Morgan fingerprint density at radius 3 is 2.67 bits per heavy atom. The van der Waals surface area contributed by atoms with E-state index in [0.717, 1.165) is 0 Å². The van der Waals surface area contributed by atoms with E-state index in [9.17, 15) is 8.42 Å². The largest absolute Gasteiger partial charge is 0.381 e. The van der Waals surface area contributed by atoms with Crippen LogP contribution in [0.4, 0.5) is 5.82 Å². The quantitative estimate of drug-likeness (QED) is 0.882. The number of nitrogens with two attached hydrogens (primary N) is 1. The molecule has 0 unspecified atom stereocenters. The molecule has 2 aromatic rings. The average molecular weight is 310 g/mol. The number of nitrogen functional groups attached to an aromatic ring is 1. The van der Waals surface area contributed by atoms with Gasteiger partial charge in [-0.05, 0) is 23.5 Å². The number of aromatic nitrogens is 2. The van der Waals surface area contributed by atoms with Gasteiger partial charge in [-0.25, -0.2) is 18.1 Å². The lowest BCUT2D eigenvalue weighted by Gasteiger charge is -2.29. The molecule has 6 nitrogen and oxygen atoms in total. The lowest BCUT2D eigenvalue weighted by Crippen LogP contribution is -2.37. The second kappa shape index (κ2) is 5.31. The smallest absolute Gasteiger partial charge is 0.260 e. The summed E-state index contributed by atoms with van der Waals surface area (Å²) in [6.45, 7) is 8.52. The third kappa shape index (κ3) is 3.03. The van der Waals surface area contributed by atoms with Gasteiger partial charge in [0, 0.05) is 12.7 Å². The van der Waals surface area contributed by atoms with Gasteiger partial charge in [0.15, 0.2) is 10.8 Å². The maximum atomic E-state index is 12.5. The van der Waals surface area contributed by atoms with Crippen LogP contribution in [0.1, 0.15) is 27.7 Å². The van der Waals surface area contributed by atoms with Crippen LogP contribution >= 0.6 is 0 Å². The molecule has 0 spiro atoms. The molecule has 0 saturated carbocycles. The summed E-state index contributed by atoms with van der Waals surface area (Å²) < 4.78 is 29.2. The van der Waals surface area contributed by atoms with Gasteiger partial charge in [-0.15, -0.1) is 0 Å². The summed E-state index contributed by atoms with van der Waals surface area (Å²) in [5, 5.41) is -0.00217. The molecule has 0 aliphatic heterocycles. The molecule has 0 aliphatic carbocycles. The fraction of sp³-hybridized carbons (Fsp3) is 0.500. The van der Waals surface area contributed by atoms with E-state index in [4.69, 9.17) is 5.73 Å². The third-order valence-electron chi connectivity index (χ3n) is 4.05. The molecule has 0 saturated heterocycles. The summed E-state index contributed by atoms with van der Waals surface area (Å²) in [5.74, 6) is 0.357. The molecule has 2 aromatic heterocycles. The van der Waals surface area contributed by atoms with E-state index >= 15 is 0 Å². The van der Waals surface area contributed by atoms with E-state index in [1.165, 1.54) is 4.40 Å². The molecule has 0 amide bonds. The molecule has 21 heavy (non-hydrogen) atoms. The first-order valence-corrected chi connectivity index (χ1v) is 8.36. The Labute approximate surface area is 125 Å². The highest BCUT2D eigenvalue weighted by Crippen LogP contribution is 2.26. The lowest BCUT2D eigenvalue weighted by atomic mass is 9.81. The highest BCUT2D eigenvalue weighted by atomic mass is 32.2. The van der Waals surface area contributed by atoms with Crippen LogP contribution in [0, 0.1) is 11.3 Å². The standard InChI is InChI=1S/C14H22N4O2S/c1-10(2)14(3,4)9-16-21(19,20)13-12(15)17-11-7-5-6-8-18(11)13/h5-8,10,16H,9,15H2,1-4H3. The first-order valence-electron chi connectivity index (χ1n) is 6.87. The van der Waals surface area contributed by atoms with E-state index in [0.29, 0.717) is 18.1 Å². The van der Waals surface area contributed by atoms with Crippen LogP contribution in [0.5, 0.6) is 0 Å². The number of imidazole rings is 1. The van der Waals surface area contributed by atoms with Gasteiger partial charge in [-0.3, -0.25) is 4.40 Å². The van der Waals surface area contributed by atoms with E-state index < -0.39 is 10.0 Å². The second-order valence-corrected chi connectivity index (χ2v) is 7.88. The normalized spacial score (nSPS) is 13.2. The van der Waals surface area contributed by atoms with Crippen LogP contribution in [0.25, 0.3) is 5.65 Å². The molecule has 7 heteroatoms. The van der Waals surface area contributed by atoms with Crippen LogP contribution in [-0.2, 0) is 10.0 Å². The second-order valence-electron chi connectivity index (χ2n) is 6.20. The SMILES string of the molecule is CC(C)C(C)(C)CNS(=O)(=O)c1c(N)nc2ccccn12. The van der Waals surface area contributed by atoms with Gasteiger partial charge < -0.3 is 5.73 Å². The van der Waals surface area contributed by atoms with Crippen LogP contribution in [0.2, 0.25) is 0 Å². The fourth-order valence-corrected chi connectivity index (χ4v) is 3.25. The molecular formula is C14H22N4O2S. The molecule has 116 valence electrons. The van der Waals surface area contributed by atoms with Gasteiger partial charge in [0.05, 0.1) is 0 Å². The molecule has 0 bridgehead atoms. The summed E-state index contributed by atoms with van der Waals surface area (Å²) in [6, 6.07) is 5.24. The molecule has 3 N–H and O–H groups in total. The van der Waals surface area contributed by atoms with Gasteiger partial charge in [0.25, 0.3) is 10.0 Å². The number of nitrogens with zero attached hydrogens (tertiary/aromatic N) is 2. The summed E-state index contributed by atoms with van der Waals surface area (Å²) in [4.78, 5) is 4.08. The summed E-state index contributed by atoms with van der Waals surface area (Å²) >= 11 is 0. The molecule has 0 aliphatic rings. The molecule has 2 rings (SSSR count). The van der Waals surface area contributed by atoms with Crippen molar-refractivity contribution in [2.75, 3.05) is 12.3 Å². The molecule has 0 radical (unpaired) electrons. The number of hydrogen-bond acceptors (Lipinski definition) is 4. The number of fused-ring (bicyclic) bond motifs is 1. The van der Waals surface area contributed by atoms with Crippen LogP contribution < -0.4 is 10.5 Å². The summed E-state index contributed by atoms with van der Waals surface area (Å²) in [6.07, 6.45) is 1.64. The monoisotopic (exact) mass is 310 g/mol. The summed E-state index contributed by atoms with van der Waals surface area (Å²) in [7, 11) is -3.72. The first-order chi connectivity index (χ1) is 9.65. The van der Waals surface area contributed by atoms with Gasteiger partial charge in [-0.1, -0.05) is 33.8 Å². The van der Waals surface area contributed by atoms with Crippen molar-refractivity contribution in [3.05, 3.63) is 24.4 Å². The molecule has 0 atom stereocenters. The van der Waals surface area contributed by atoms with Crippen LogP contribution in [-0.4, -0.2) is 24.3 Å². The number of nitrogens with one attached hydrogen (secondary N) is 1. The number of rotatable bonds is 5. The molecule has 2 heterocycles. The van der Waals surface area contributed by atoms with Crippen molar-refractivity contribution in [3.8, 4) is 0 Å². The fourth-order valence-electron chi connectivity index (χ4n) is 1.81. The van der Waals surface area contributed by atoms with Crippen molar-refractivity contribution in [1.82, 2.24) is 14.1 Å². The Balaban J connectivity index is 2.37. The van der Waals surface area contributed by atoms with E-state index in [-0.39, 0.29) is 16.3 Å². The van der Waals surface area contributed by atoms with Gasteiger partial charge in [-0.2, -0.15) is 0 Å². The predicted octanol–water partition coefficient (Wildman–Crippen LogP) is 1.88. The molecule has 0 aromatic carbocycles. The summed E-state index contributed by atoms with van der Waals surface area (Å²) in [5.41, 5.74) is 6.15. The van der Waals surface area contributed by atoms with Gasteiger partial charge in [0.1, 0.15) is 5.65 Å². The number of pyridine rings is 1. The number of hydrogen-bond donors (Lipinski definition) is 2. The van der Waals surface area contributed by atoms with E-state index in [1.807, 2.05) is 13.8 Å². The zero-order chi connectivity index (χ0) is 15.8. The van der Waals surface area contributed by atoms with Crippen molar-refractivity contribution < 1.29 is 8.42 Å². The zero-order valence-electron chi connectivity index (χ0n) is 12.8. The Morgan fingerprint density at radius 1 is 1.38 bits per heavy atom. The van der Waals surface area contributed by atoms with Crippen molar-refractivity contribution >= 4 is 21.5 Å². The highest BCUT2D eigenvalue weighted by Gasteiger charge is 2.28. The van der Waals surface area contributed by atoms with Gasteiger partial charge >= 0.3 is 0 Å². The zero-order valence-corrected chi connectivity index (χ0v) is 13.6. The average Bonchev–Trinajstić information content (AvgIpc) is 2.73. The third-order valence-corrected chi connectivity index (χ3v) is 5.49. The highest BCUT2D eigenvalue weighted by molar-refractivity contribution is 7.89. The Kier molecular flexibility index (Phi) is 3.99. The lowest BCUT2D eigenvalue weighted by molar-refractivity contribution is 0.252. The topological polar surface area (TPSA) is 89.5 Å². The van der Waals surface area contributed by atoms with Crippen molar-refractivity contribution in [2.45, 2.75) is 32.7 Å². The molecule has 0 fully saturated rings. The van der Waals surface area contributed by atoms with Crippen LogP contribution in [0.3, 0.4) is 0 Å². The molecular weight excluding hydrogens is 288 g/mol. The van der Waals surface area contributed by atoms with E-state index in [1.54, 1.807) is 24.4 Å². The van der Waals surface area contributed by atoms with Crippen LogP contribution in [0.15, 0.2) is 29.4 Å². The minimum atomic E-state index is -3.72. The van der Waals surface area contributed by atoms with Gasteiger partial charge in [0.2, 0.25) is 0 Å². The Bertz CT molecular complexity index is 747. The maximum Gasteiger partial charge on any atom is 0.260 e. The van der Waals surface area contributed by atoms with Crippen molar-refractivity contribution in [2.24, 2.45) is 11.3 Å². The number of anilines is 1. The predicted molar refractivity (Wildman–Crippen MR) is 83.4 cm³/mol. The van der Waals surface area contributed by atoms with E-state index in [2.05, 4.69) is 23.6 Å². The Morgan fingerprint density at radius 2 is 2.05 bits per heavy atom. The van der Waals surface area contributed by atoms with Crippen molar-refractivity contribution in [3.63, 3.8) is 0 Å². The minimum Gasteiger partial charge on any atom is -0.381 e. The Hall–Kier alpha value is -1.60.